The molecule has 0 radical (unpaired) electrons. The Bertz CT molecular complexity index is 466. The fourth-order valence-corrected chi connectivity index (χ4v) is 1.77. The van der Waals surface area contributed by atoms with E-state index in [9.17, 15) is 9.59 Å². The first kappa shape index (κ1) is 11.4. The molecule has 90 valence electrons. The molecule has 1 unspecified atom stereocenters. The molecule has 1 aliphatic rings. The van der Waals surface area contributed by atoms with Gasteiger partial charge in [-0.1, -0.05) is 0 Å². The fraction of sp³-hybridized carbons (Fsp3) is 0.333. The van der Waals surface area contributed by atoms with Crippen LogP contribution in [0.15, 0.2) is 18.2 Å². The maximum atomic E-state index is 10.8. The van der Waals surface area contributed by atoms with Crippen molar-refractivity contribution in [3.05, 3.63) is 23.8 Å². The largest absolute Gasteiger partial charge is 0.479 e. The first-order valence-corrected chi connectivity index (χ1v) is 5.27. The lowest BCUT2D eigenvalue weighted by Gasteiger charge is -2.23. The molecule has 1 N–H and O–H groups in total. The van der Waals surface area contributed by atoms with Gasteiger partial charge in [0.2, 0.25) is 0 Å². The average Bonchev–Trinajstić information content (AvgIpc) is 2.27. The van der Waals surface area contributed by atoms with Crippen LogP contribution in [0.1, 0.15) is 18.9 Å². The molecule has 1 atom stereocenters. The lowest BCUT2D eigenvalue weighted by atomic mass is 10.0. The predicted octanol–water partition coefficient (Wildman–Crippen LogP) is 1.39. The molecule has 2 rings (SSSR count). The van der Waals surface area contributed by atoms with Gasteiger partial charge in [-0.25, -0.2) is 4.79 Å². The number of carboxylic acid groups (broad SMARTS) is 1. The van der Waals surface area contributed by atoms with E-state index in [1.807, 2.05) is 0 Å². The zero-order valence-electron chi connectivity index (χ0n) is 9.30. The van der Waals surface area contributed by atoms with Crippen molar-refractivity contribution in [3.63, 3.8) is 0 Å². The molecule has 1 aliphatic heterocycles. The molecule has 5 nitrogen and oxygen atoms in total. The van der Waals surface area contributed by atoms with E-state index in [-0.39, 0.29) is 5.97 Å². The van der Waals surface area contributed by atoms with Crippen LogP contribution in [-0.4, -0.2) is 23.1 Å². The number of aryl methyl sites for hydroxylation is 1. The van der Waals surface area contributed by atoms with Crippen molar-refractivity contribution in [2.24, 2.45) is 0 Å². The minimum absolute atomic E-state index is 0.384. The molecule has 0 amide bonds. The summed E-state index contributed by atoms with van der Waals surface area (Å²) in [6, 6.07) is 4.92. The zero-order valence-corrected chi connectivity index (χ0v) is 9.30. The van der Waals surface area contributed by atoms with Crippen molar-refractivity contribution in [1.29, 1.82) is 0 Å². The molecule has 1 aromatic rings. The molecule has 0 aliphatic carbocycles. The van der Waals surface area contributed by atoms with Crippen LogP contribution in [0.5, 0.6) is 11.5 Å². The third-order valence-corrected chi connectivity index (χ3v) is 2.51. The van der Waals surface area contributed by atoms with E-state index >= 15 is 0 Å². The maximum absolute atomic E-state index is 10.8. The summed E-state index contributed by atoms with van der Waals surface area (Å²) in [5.74, 6) is -0.349. The minimum Gasteiger partial charge on any atom is -0.479 e. The Morgan fingerprint density at radius 1 is 1.47 bits per heavy atom. The summed E-state index contributed by atoms with van der Waals surface area (Å²) in [5, 5.41) is 8.84. The molecule has 1 aromatic carbocycles. The van der Waals surface area contributed by atoms with Gasteiger partial charge in [-0.3, -0.25) is 4.79 Å². The van der Waals surface area contributed by atoms with Crippen LogP contribution in [0, 0.1) is 0 Å². The van der Waals surface area contributed by atoms with E-state index in [1.54, 1.807) is 18.2 Å². The standard InChI is InChI=1S/C12H12O5/c1-7(13)16-9-3-5-10-8(6-9)2-4-11(17-10)12(14)15/h3,5-6,11H,2,4H2,1H3,(H,14,15). The lowest BCUT2D eigenvalue weighted by molar-refractivity contribution is -0.145. The summed E-state index contributed by atoms with van der Waals surface area (Å²) >= 11 is 0. The first-order chi connectivity index (χ1) is 8.06. The molecule has 0 saturated carbocycles. The number of hydrogen-bond acceptors (Lipinski definition) is 4. The molecule has 0 fully saturated rings. The summed E-state index contributed by atoms with van der Waals surface area (Å²) in [6.45, 7) is 1.33. The number of aliphatic carboxylic acids is 1. The number of rotatable bonds is 2. The van der Waals surface area contributed by atoms with Crippen LogP contribution in [0.4, 0.5) is 0 Å². The van der Waals surface area contributed by atoms with Gasteiger partial charge in [-0.05, 0) is 36.6 Å². The summed E-state index contributed by atoms with van der Waals surface area (Å²) in [5.41, 5.74) is 0.862. The fourth-order valence-electron chi connectivity index (χ4n) is 1.77. The van der Waals surface area contributed by atoms with Gasteiger partial charge in [0.05, 0.1) is 0 Å². The third kappa shape index (κ3) is 2.55. The summed E-state index contributed by atoms with van der Waals surface area (Å²) in [4.78, 5) is 21.6. The van der Waals surface area contributed by atoms with Crippen molar-refractivity contribution in [1.82, 2.24) is 0 Å². The van der Waals surface area contributed by atoms with Crippen LogP contribution >= 0.6 is 0 Å². The molecule has 0 saturated heterocycles. The van der Waals surface area contributed by atoms with Crippen molar-refractivity contribution < 1.29 is 24.2 Å². The number of hydrogen-bond donors (Lipinski definition) is 1. The number of esters is 1. The number of carbonyl (C=O) groups excluding carboxylic acids is 1. The number of carbonyl (C=O) groups is 2. The second-order valence-electron chi connectivity index (χ2n) is 3.85. The van der Waals surface area contributed by atoms with Gasteiger partial charge in [0.1, 0.15) is 11.5 Å². The Morgan fingerprint density at radius 3 is 2.88 bits per heavy atom. The van der Waals surface area contributed by atoms with Crippen molar-refractivity contribution >= 4 is 11.9 Å². The van der Waals surface area contributed by atoms with Gasteiger partial charge in [0.15, 0.2) is 6.10 Å². The van der Waals surface area contributed by atoms with E-state index in [1.165, 1.54) is 6.92 Å². The summed E-state index contributed by atoms with van der Waals surface area (Å²) in [6.07, 6.45) is 0.231. The Balaban J connectivity index is 2.19. The molecular weight excluding hydrogens is 224 g/mol. The monoisotopic (exact) mass is 236 g/mol. The number of carboxylic acids is 1. The molecule has 1 heterocycles. The lowest BCUT2D eigenvalue weighted by Crippen LogP contribution is -2.30. The SMILES string of the molecule is CC(=O)Oc1ccc2c(c1)CCC(C(=O)O)O2. The smallest absolute Gasteiger partial charge is 0.344 e. The van der Waals surface area contributed by atoms with Crippen molar-refractivity contribution in [3.8, 4) is 11.5 Å². The van der Waals surface area contributed by atoms with E-state index in [2.05, 4.69) is 0 Å². The second-order valence-corrected chi connectivity index (χ2v) is 3.85. The summed E-state index contributed by atoms with van der Waals surface area (Å²) < 4.78 is 10.3. The molecular formula is C12H12O5. The summed E-state index contributed by atoms with van der Waals surface area (Å²) in [7, 11) is 0. The Kier molecular flexibility index (Phi) is 2.99. The van der Waals surface area contributed by atoms with E-state index in [0.29, 0.717) is 24.3 Å². The number of fused-ring (bicyclic) bond motifs is 1. The van der Waals surface area contributed by atoms with Gasteiger partial charge in [0, 0.05) is 6.92 Å². The molecule has 0 spiro atoms. The maximum Gasteiger partial charge on any atom is 0.344 e. The number of benzene rings is 1. The number of ether oxygens (including phenoxy) is 2. The first-order valence-electron chi connectivity index (χ1n) is 5.27. The van der Waals surface area contributed by atoms with Crippen molar-refractivity contribution in [2.45, 2.75) is 25.9 Å². The molecule has 5 heteroatoms. The highest BCUT2D eigenvalue weighted by molar-refractivity contribution is 5.73. The molecule has 17 heavy (non-hydrogen) atoms. The van der Waals surface area contributed by atoms with Crippen LogP contribution in [0.25, 0.3) is 0 Å². The molecule has 0 aromatic heterocycles. The Morgan fingerprint density at radius 2 is 2.24 bits per heavy atom. The highest BCUT2D eigenvalue weighted by atomic mass is 16.5. The van der Waals surface area contributed by atoms with E-state index in [4.69, 9.17) is 14.6 Å². The highest BCUT2D eigenvalue weighted by Crippen LogP contribution is 2.31. The van der Waals surface area contributed by atoms with Gasteiger partial charge in [-0.2, -0.15) is 0 Å². The van der Waals surface area contributed by atoms with Crippen LogP contribution in [0.3, 0.4) is 0 Å². The average molecular weight is 236 g/mol. The van der Waals surface area contributed by atoms with Crippen molar-refractivity contribution in [2.75, 3.05) is 0 Å². The quantitative estimate of drug-likeness (QED) is 0.620. The Labute approximate surface area is 98.0 Å². The minimum atomic E-state index is -0.959. The molecule has 0 bridgehead atoms. The van der Waals surface area contributed by atoms with Gasteiger partial charge < -0.3 is 14.6 Å². The van der Waals surface area contributed by atoms with Gasteiger partial charge in [0.25, 0.3) is 0 Å². The zero-order chi connectivity index (χ0) is 12.4. The van der Waals surface area contributed by atoms with E-state index < -0.39 is 12.1 Å². The second kappa shape index (κ2) is 4.45. The van der Waals surface area contributed by atoms with Crippen LogP contribution < -0.4 is 9.47 Å². The highest BCUT2D eigenvalue weighted by Gasteiger charge is 2.25. The van der Waals surface area contributed by atoms with Gasteiger partial charge in [-0.15, -0.1) is 0 Å². The van der Waals surface area contributed by atoms with Gasteiger partial charge >= 0.3 is 11.9 Å². The van der Waals surface area contributed by atoms with E-state index in [0.717, 1.165) is 5.56 Å². The van der Waals surface area contributed by atoms with Crippen LogP contribution in [0.2, 0.25) is 0 Å². The van der Waals surface area contributed by atoms with Crippen LogP contribution in [-0.2, 0) is 16.0 Å². The Hall–Kier alpha value is -2.04. The predicted molar refractivity (Wildman–Crippen MR) is 58.1 cm³/mol. The normalized spacial score (nSPS) is 17.8. The topological polar surface area (TPSA) is 72.8 Å². The third-order valence-electron chi connectivity index (χ3n) is 2.51.